The van der Waals surface area contributed by atoms with Gasteiger partial charge in [-0.1, -0.05) is 59.8 Å². The Labute approximate surface area is 113 Å². The summed E-state index contributed by atoms with van der Waals surface area (Å²) in [6.07, 6.45) is 10.4. The van der Waals surface area contributed by atoms with Gasteiger partial charge in [-0.2, -0.15) is 0 Å². The van der Waals surface area contributed by atoms with Crippen LogP contribution in [-0.2, 0) is 9.47 Å². The largest absolute Gasteiger partial charge is 0.349 e. The number of unbranched alkanes of at least 4 members (excludes halogenated alkanes) is 3. The van der Waals surface area contributed by atoms with Gasteiger partial charge < -0.3 is 9.47 Å². The van der Waals surface area contributed by atoms with Gasteiger partial charge in [0, 0.05) is 5.41 Å². The highest BCUT2D eigenvalue weighted by atomic mass is 16.7. The third-order valence-electron chi connectivity index (χ3n) is 4.20. The van der Waals surface area contributed by atoms with Crippen LogP contribution in [0.4, 0.5) is 0 Å². The molecule has 3 unspecified atom stereocenters. The summed E-state index contributed by atoms with van der Waals surface area (Å²) in [6.45, 7) is 9.84. The SMILES string of the molecule is CCCCCCC(C)(CCC)C1OCC(CC)O1. The van der Waals surface area contributed by atoms with Crippen molar-refractivity contribution in [1.29, 1.82) is 0 Å². The van der Waals surface area contributed by atoms with E-state index in [2.05, 4.69) is 27.7 Å². The molecule has 0 amide bonds. The van der Waals surface area contributed by atoms with E-state index in [9.17, 15) is 0 Å². The van der Waals surface area contributed by atoms with Crippen LogP contribution < -0.4 is 0 Å². The van der Waals surface area contributed by atoms with Crippen LogP contribution in [0.5, 0.6) is 0 Å². The topological polar surface area (TPSA) is 18.5 Å². The third kappa shape index (κ3) is 4.55. The van der Waals surface area contributed by atoms with Crippen LogP contribution in [0.3, 0.4) is 0 Å². The number of ether oxygens (including phenoxy) is 2. The third-order valence-corrected chi connectivity index (χ3v) is 4.20. The summed E-state index contributed by atoms with van der Waals surface area (Å²) in [6, 6.07) is 0. The average molecular weight is 256 g/mol. The van der Waals surface area contributed by atoms with Crippen molar-refractivity contribution >= 4 is 0 Å². The Morgan fingerprint density at radius 1 is 1.00 bits per heavy atom. The number of hydrogen-bond donors (Lipinski definition) is 0. The smallest absolute Gasteiger partial charge is 0.163 e. The van der Waals surface area contributed by atoms with Crippen molar-refractivity contribution in [3.05, 3.63) is 0 Å². The Bertz CT molecular complexity index is 217. The zero-order chi connectivity index (χ0) is 13.4. The summed E-state index contributed by atoms with van der Waals surface area (Å²) < 4.78 is 12.0. The fourth-order valence-corrected chi connectivity index (χ4v) is 2.92. The predicted octanol–water partition coefficient (Wildman–Crippen LogP) is 4.91. The van der Waals surface area contributed by atoms with Crippen molar-refractivity contribution in [2.24, 2.45) is 5.41 Å². The molecule has 0 bridgehead atoms. The maximum Gasteiger partial charge on any atom is 0.163 e. The van der Waals surface area contributed by atoms with Gasteiger partial charge in [-0.25, -0.2) is 0 Å². The molecule has 1 saturated heterocycles. The summed E-state index contributed by atoms with van der Waals surface area (Å²) >= 11 is 0. The predicted molar refractivity (Wildman–Crippen MR) is 76.7 cm³/mol. The normalized spacial score (nSPS) is 27.3. The van der Waals surface area contributed by atoms with Gasteiger partial charge in [-0.3, -0.25) is 0 Å². The molecule has 1 fully saturated rings. The molecular weight excluding hydrogens is 224 g/mol. The Morgan fingerprint density at radius 3 is 2.33 bits per heavy atom. The van der Waals surface area contributed by atoms with Crippen LogP contribution >= 0.6 is 0 Å². The van der Waals surface area contributed by atoms with Gasteiger partial charge >= 0.3 is 0 Å². The van der Waals surface area contributed by atoms with Crippen molar-refractivity contribution in [2.75, 3.05) is 6.61 Å². The van der Waals surface area contributed by atoms with E-state index in [-0.39, 0.29) is 11.7 Å². The molecule has 0 aromatic carbocycles. The van der Waals surface area contributed by atoms with Crippen LogP contribution in [-0.4, -0.2) is 19.0 Å². The molecule has 108 valence electrons. The van der Waals surface area contributed by atoms with Gasteiger partial charge in [0.2, 0.25) is 0 Å². The maximum atomic E-state index is 6.06. The van der Waals surface area contributed by atoms with E-state index >= 15 is 0 Å². The van der Waals surface area contributed by atoms with Crippen LogP contribution in [0.25, 0.3) is 0 Å². The van der Waals surface area contributed by atoms with Crippen molar-refractivity contribution in [3.63, 3.8) is 0 Å². The Morgan fingerprint density at radius 2 is 1.78 bits per heavy atom. The van der Waals surface area contributed by atoms with Crippen LogP contribution in [0.1, 0.15) is 79.1 Å². The molecule has 0 saturated carbocycles. The van der Waals surface area contributed by atoms with Gasteiger partial charge in [-0.05, 0) is 19.3 Å². The van der Waals surface area contributed by atoms with Gasteiger partial charge in [-0.15, -0.1) is 0 Å². The Hall–Kier alpha value is -0.0800. The van der Waals surface area contributed by atoms with Gasteiger partial charge in [0.25, 0.3) is 0 Å². The Balaban J connectivity index is 2.45. The number of rotatable bonds is 9. The highest BCUT2D eigenvalue weighted by molar-refractivity contribution is 4.82. The zero-order valence-electron chi connectivity index (χ0n) is 12.8. The second-order valence-electron chi connectivity index (χ2n) is 6.05. The van der Waals surface area contributed by atoms with Gasteiger partial charge in [0.05, 0.1) is 12.7 Å². The van der Waals surface area contributed by atoms with Crippen molar-refractivity contribution < 1.29 is 9.47 Å². The fourth-order valence-electron chi connectivity index (χ4n) is 2.92. The summed E-state index contributed by atoms with van der Waals surface area (Å²) in [5.74, 6) is 0. The van der Waals surface area contributed by atoms with Crippen LogP contribution in [0.15, 0.2) is 0 Å². The molecule has 1 aliphatic rings. The van der Waals surface area contributed by atoms with E-state index in [1.807, 2.05) is 0 Å². The minimum Gasteiger partial charge on any atom is -0.349 e. The molecule has 1 aliphatic heterocycles. The molecule has 0 aliphatic carbocycles. The quantitative estimate of drug-likeness (QED) is 0.545. The molecule has 0 aromatic heterocycles. The van der Waals surface area contributed by atoms with Gasteiger partial charge in [0.15, 0.2) is 6.29 Å². The first kappa shape index (κ1) is 16.0. The summed E-state index contributed by atoms with van der Waals surface area (Å²) in [5, 5.41) is 0. The molecular formula is C16H32O2. The van der Waals surface area contributed by atoms with Gasteiger partial charge in [0.1, 0.15) is 0 Å². The zero-order valence-corrected chi connectivity index (χ0v) is 12.8. The first-order valence-corrected chi connectivity index (χ1v) is 7.93. The van der Waals surface area contributed by atoms with Crippen molar-refractivity contribution in [2.45, 2.75) is 91.5 Å². The molecule has 0 N–H and O–H groups in total. The molecule has 0 radical (unpaired) electrons. The summed E-state index contributed by atoms with van der Waals surface area (Å²) in [4.78, 5) is 0. The molecule has 0 spiro atoms. The summed E-state index contributed by atoms with van der Waals surface area (Å²) in [7, 11) is 0. The average Bonchev–Trinajstić information content (AvgIpc) is 2.84. The lowest BCUT2D eigenvalue weighted by Crippen LogP contribution is -2.33. The highest BCUT2D eigenvalue weighted by Crippen LogP contribution is 2.39. The number of hydrogen-bond acceptors (Lipinski definition) is 2. The maximum absolute atomic E-state index is 6.06. The highest BCUT2D eigenvalue weighted by Gasteiger charge is 2.39. The standard InChI is InChI=1S/C16H32O2/c1-5-8-9-10-12-16(4,11-6-2)15-17-13-14(7-3)18-15/h14-15H,5-13H2,1-4H3. The first-order chi connectivity index (χ1) is 8.66. The second kappa shape index (κ2) is 8.16. The monoisotopic (exact) mass is 256 g/mol. The van der Waals surface area contributed by atoms with Crippen molar-refractivity contribution in [3.8, 4) is 0 Å². The van der Waals surface area contributed by atoms with E-state index < -0.39 is 0 Å². The summed E-state index contributed by atoms with van der Waals surface area (Å²) in [5.41, 5.74) is 0.215. The van der Waals surface area contributed by atoms with E-state index in [0.29, 0.717) is 6.10 Å². The Kier molecular flexibility index (Phi) is 7.25. The van der Waals surface area contributed by atoms with E-state index in [4.69, 9.17) is 9.47 Å². The molecule has 3 atom stereocenters. The van der Waals surface area contributed by atoms with Crippen LogP contribution in [0.2, 0.25) is 0 Å². The lowest BCUT2D eigenvalue weighted by molar-refractivity contribution is -0.144. The fraction of sp³-hybridized carbons (Fsp3) is 1.00. The van der Waals surface area contributed by atoms with E-state index in [0.717, 1.165) is 13.0 Å². The van der Waals surface area contributed by atoms with E-state index in [1.54, 1.807) is 0 Å². The second-order valence-corrected chi connectivity index (χ2v) is 6.05. The van der Waals surface area contributed by atoms with Crippen molar-refractivity contribution in [1.82, 2.24) is 0 Å². The molecule has 1 rings (SSSR count). The molecule has 1 heterocycles. The molecule has 0 aromatic rings. The van der Waals surface area contributed by atoms with E-state index in [1.165, 1.54) is 44.9 Å². The lowest BCUT2D eigenvalue weighted by atomic mass is 9.79. The van der Waals surface area contributed by atoms with Crippen LogP contribution in [0, 0.1) is 5.41 Å². The molecule has 2 nitrogen and oxygen atoms in total. The lowest BCUT2D eigenvalue weighted by Gasteiger charge is -2.34. The molecule has 2 heteroatoms. The minimum atomic E-state index is 0.0315. The molecule has 18 heavy (non-hydrogen) atoms. The first-order valence-electron chi connectivity index (χ1n) is 7.93. The minimum absolute atomic E-state index is 0.0315.